The van der Waals surface area contributed by atoms with Crippen molar-refractivity contribution in [3.8, 4) is 5.75 Å². The minimum Gasteiger partial charge on any atom is -0.490 e. The molecule has 17 heavy (non-hydrogen) atoms. The monoisotopic (exact) mass is 237 g/mol. The van der Waals surface area contributed by atoms with Crippen LogP contribution in [0.5, 0.6) is 5.75 Å². The summed E-state index contributed by atoms with van der Waals surface area (Å²) in [6, 6.07) is 5.76. The van der Waals surface area contributed by atoms with E-state index in [9.17, 15) is 4.39 Å². The van der Waals surface area contributed by atoms with Gasteiger partial charge >= 0.3 is 0 Å². The van der Waals surface area contributed by atoms with E-state index in [0.717, 1.165) is 18.4 Å². The molecule has 1 N–H and O–H groups in total. The van der Waals surface area contributed by atoms with Gasteiger partial charge in [-0.15, -0.1) is 0 Å². The summed E-state index contributed by atoms with van der Waals surface area (Å²) in [7, 11) is 0. The van der Waals surface area contributed by atoms with Crippen LogP contribution in [-0.4, -0.2) is 12.6 Å². The van der Waals surface area contributed by atoms with Gasteiger partial charge in [0.05, 0.1) is 6.61 Å². The van der Waals surface area contributed by atoms with Crippen molar-refractivity contribution in [2.75, 3.05) is 6.61 Å². The Morgan fingerprint density at radius 2 is 2.24 bits per heavy atom. The smallest absolute Gasteiger partial charge is 0.165 e. The van der Waals surface area contributed by atoms with E-state index in [2.05, 4.69) is 12.2 Å². The fourth-order valence-corrected chi connectivity index (χ4v) is 1.71. The highest BCUT2D eigenvalue weighted by atomic mass is 19.1. The van der Waals surface area contributed by atoms with Crippen LogP contribution >= 0.6 is 0 Å². The molecule has 1 saturated carbocycles. The predicted octanol–water partition coefficient (Wildman–Crippen LogP) is 3.26. The highest BCUT2D eigenvalue weighted by Crippen LogP contribution is 2.25. The second-order valence-corrected chi connectivity index (χ2v) is 4.59. The van der Waals surface area contributed by atoms with Gasteiger partial charge in [0.25, 0.3) is 0 Å². The molecular weight excluding hydrogens is 217 g/mol. The first-order chi connectivity index (χ1) is 8.31. The van der Waals surface area contributed by atoms with Crippen molar-refractivity contribution in [3.63, 3.8) is 0 Å². The van der Waals surface area contributed by atoms with E-state index in [1.54, 1.807) is 6.07 Å². The molecular formula is C14H20FNO. The zero-order valence-corrected chi connectivity index (χ0v) is 10.3. The van der Waals surface area contributed by atoms with Crippen molar-refractivity contribution in [1.82, 2.24) is 5.32 Å². The zero-order valence-electron chi connectivity index (χ0n) is 10.3. The Balaban J connectivity index is 1.98. The number of rotatable bonds is 7. The Morgan fingerprint density at radius 1 is 1.41 bits per heavy atom. The largest absolute Gasteiger partial charge is 0.490 e. The van der Waals surface area contributed by atoms with Gasteiger partial charge in [-0.2, -0.15) is 0 Å². The van der Waals surface area contributed by atoms with Gasteiger partial charge in [-0.25, -0.2) is 4.39 Å². The van der Waals surface area contributed by atoms with Crippen LogP contribution in [0.15, 0.2) is 18.2 Å². The molecule has 0 aromatic heterocycles. The molecule has 3 heteroatoms. The first-order valence-corrected chi connectivity index (χ1v) is 6.45. The number of ether oxygens (including phenoxy) is 1. The van der Waals surface area contributed by atoms with Crippen LogP contribution in [0.1, 0.15) is 38.2 Å². The molecule has 0 spiro atoms. The summed E-state index contributed by atoms with van der Waals surface area (Å²) < 4.78 is 19.2. The number of hydrogen-bond donors (Lipinski definition) is 1. The average Bonchev–Trinajstić information content (AvgIpc) is 3.13. The second-order valence-electron chi connectivity index (χ2n) is 4.59. The Morgan fingerprint density at radius 3 is 2.94 bits per heavy atom. The van der Waals surface area contributed by atoms with Crippen LogP contribution in [0.25, 0.3) is 0 Å². The molecule has 0 amide bonds. The van der Waals surface area contributed by atoms with E-state index < -0.39 is 0 Å². The van der Waals surface area contributed by atoms with E-state index in [-0.39, 0.29) is 5.82 Å². The lowest BCUT2D eigenvalue weighted by Gasteiger charge is -2.12. The molecule has 1 aromatic carbocycles. The van der Waals surface area contributed by atoms with Crippen molar-refractivity contribution < 1.29 is 9.13 Å². The van der Waals surface area contributed by atoms with Gasteiger partial charge in [-0.3, -0.25) is 0 Å². The third-order valence-corrected chi connectivity index (χ3v) is 2.95. The standard InChI is InChI=1S/C14H20FNO/c1-2-3-9-17-14-11(5-4-6-13(14)15)10-16-12-7-8-12/h4-6,12,16H,2-3,7-10H2,1H3. The lowest BCUT2D eigenvalue weighted by molar-refractivity contribution is 0.290. The molecule has 1 aliphatic carbocycles. The third-order valence-electron chi connectivity index (χ3n) is 2.95. The summed E-state index contributed by atoms with van der Waals surface area (Å²) in [6.07, 6.45) is 4.50. The summed E-state index contributed by atoms with van der Waals surface area (Å²) in [6.45, 7) is 3.39. The summed E-state index contributed by atoms with van der Waals surface area (Å²) in [5.41, 5.74) is 0.924. The molecule has 94 valence electrons. The van der Waals surface area contributed by atoms with Crippen molar-refractivity contribution >= 4 is 0 Å². The molecule has 0 saturated heterocycles. The number of halogens is 1. The number of para-hydroxylation sites is 1. The molecule has 0 unspecified atom stereocenters. The molecule has 2 rings (SSSR count). The van der Waals surface area contributed by atoms with Crippen molar-refractivity contribution in [2.24, 2.45) is 0 Å². The third kappa shape index (κ3) is 3.70. The van der Waals surface area contributed by atoms with Gasteiger partial charge in [0.1, 0.15) is 0 Å². The maximum atomic E-state index is 13.7. The second kappa shape index (κ2) is 6.01. The van der Waals surface area contributed by atoms with Crippen molar-refractivity contribution in [2.45, 2.75) is 45.2 Å². The summed E-state index contributed by atoms with van der Waals surface area (Å²) in [5.74, 6) is 0.172. The highest BCUT2D eigenvalue weighted by Gasteiger charge is 2.21. The van der Waals surface area contributed by atoms with Gasteiger partial charge in [0, 0.05) is 18.2 Å². The SMILES string of the molecule is CCCCOc1c(F)cccc1CNC1CC1. The van der Waals surface area contributed by atoms with Crippen LogP contribution in [0.4, 0.5) is 4.39 Å². The van der Waals surface area contributed by atoms with E-state index >= 15 is 0 Å². The minimum absolute atomic E-state index is 0.254. The molecule has 2 nitrogen and oxygen atoms in total. The number of hydrogen-bond acceptors (Lipinski definition) is 2. The van der Waals surface area contributed by atoms with Gasteiger partial charge in [-0.1, -0.05) is 25.5 Å². The fourth-order valence-electron chi connectivity index (χ4n) is 1.71. The normalized spacial score (nSPS) is 14.9. The van der Waals surface area contributed by atoms with Gasteiger partial charge in [0.2, 0.25) is 0 Å². The molecule has 0 atom stereocenters. The Hall–Kier alpha value is -1.09. The highest BCUT2D eigenvalue weighted by molar-refractivity contribution is 5.35. The first-order valence-electron chi connectivity index (χ1n) is 6.45. The first kappa shape index (κ1) is 12.4. The maximum absolute atomic E-state index is 13.7. The van der Waals surface area contributed by atoms with E-state index in [1.807, 2.05) is 6.07 Å². The average molecular weight is 237 g/mol. The quantitative estimate of drug-likeness (QED) is 0.735. The van der Waals surface area contributed by atoms with Crippen LogP contribution in [0.2, 0.25) is 0 Å². The Labute approximate surface area is 102 Å². The van der Waals surface area contributed by atoms with E-state index in [0.29, 0.717) is 24.9 Å². The van der Waals surface area contributed by atoms with Gasteiger partial charge in [0.15, 0.2) is 11.6 Å². The zero-order chi connectivity index (χ0) is 12.1. The van der Waals surface area contributed by atoms with E-state index in [1.165, 1.54) is 18.9 Å². The molecule has 1 aromatic rings. The molecule has 0 aliphatic heterocycles. The number of benzene rings is 1. The number of unbranched alkanes of at least 4 members (excludes halogenated alkanes) is 1. The van der Waals surface area contributed by atoms with Crippen LogP contribution < -0.4 is 10.1 Å². The fraction of sp³-hybridized carbons (Fsp3) is 0.571. The lowest BCUT2D eigenvalue weighted by Crippen LogP contribution is -2.16. The van der Waals surface area contributed by atoms with Crippen LogP contribution in [-0.2, 0) is 6.54 Å². The summed E-state index contributed by atoms with van der Waals surface area (Å²) >= 11 is 0. The number of nitrogens with one attached hydrogen (secondary N) is 1. The molecule has 0 bridgehead atoms. The topological polar surface area (TPSA) is 21.3 Å². The van der Waals surface area contributed by atoms with E-state index in [4.69, 9.17) is 4.74 Å². The lowest BCUT2D eigenvalue weighted by atomic mass is 10.2. The molecule has 1 fully saturated rings. The minimum atomic E-state index is -0.254. The Bertz CT molecular complexity index is 363. The molecule has 0 radical (unpaired) electrons. The Kier molecular flexibility index (Phi) is 4.37. The summed E-state index contributed by atoms with van der Waals surface area (Å²) in [5, 5.41) is 3.38. The van der Waals surface area contributed by atoms with Gasteiger partial charge < -0.3 is 10.1 Å². The molecule has 1 aliphatic rings. The van der Waals surface area contributed by atoms with Crippen molar-refractivity contribution in [1.29, 1.82) is 0 Å². The predicted molar refractivity (Wildman–Crippen MR) is 66.7 cm³/mol. The van der Waals surface area contributed by atoms with Crippen LogP contribution in [0, 0.1) is 5.82 Å². The van der Waals surface area contributed by atoms with Crippen molar-refractivity contribution in [3.05, 3.63) is 29.6 Å². The summed E-state index contributed by atoms with van der Waals surface area (Å²) in [4.78, 5) is 0. The van der Waals surface area contributed by atoms with Gasteiger partial charge in [-0.05, 0) is 25.3 Å². The maximum Gasteiger partial charge on any atom is 0.165 e. The van der Waals surface area contributed by atoms with Crippen LogP contribution in [0.3, 0.4) is 0 Å². The molecule has 0 heterocycles.